The van der Waals surface area contributed by atoms with Gasteiger partial charge in [0.05, 0.1) is 23.7 Å². The maximum atomic E-state index is 13.9. The van der Waals surface area contributed by atoms with Crippen LogP contribution in [0.5, 0.6) is 5.75 Å². The Morgan fingerprint density at radius 1 is 1.21 bits per heavy atom. The highest BCUT2D eigenvalue weighted by Gasteiger charge is 2.36. The third kappa shape index (κ3) is 5.34. The summed E-state index contributed by atoms with van der Waals surface area (Å²) in [6, 6.07) is 5.87. The number of ether oxygens (including phenoxy) is 2. The van der Waals surface area contributed by atoms with E-state index >= 15 is 0 Å². The van der Waals surface area contributed by atoms with Crippen molar-refractivity contribution >= 4 is 40.9 Å². The van der Waals surface area contributed by atoms with Crippen LogP contribution in [0.3, 0.4) is 0 Å². The number of fused-ring (bicyclic) bond motifs is 1. The fourth-order valence-corrected chi connectivity index (χ4v) is 7.84. The monoisotopic (exact) mass is 552 g/mol. The second-order valence-corrected chi connectivity index (χ2v) is 12.8. The summed E-state index contributed by atoms with van der Waals surface area (Å²) in [5.74, 6) is 0.636. The zero-order chi connectivity index (χ0) is 26.9. The van der Waals surface area contributed by atoms with Gasteiger partial charge >= 0.3 is 6.18 Å². The van der Waals surface area contributed by atoms with Gasteiger partial charge in [0, 0.05) is 62.7 Å². The Kier molecular flexibility index (Phi) is 7.57. The van der Waals surface area contributed by atoms with Crippen molar-refractivity contribution in [1.82, 2.24) is 19.9 Å². The van der Waals surface area contributed by atoms with Gasteiger partial charge < -0.3 is 29.7 Å². The Balaban J connectivity index is 1.37. The van der Waals surface area contributed by atoms with Crippen molar-refractivity contribution in [3.05, 3.63) is 30.0 Å². The van der Waals surface area contributed by atoms with Crippen molar-refractivity contribution in [3.8, 4) is 5.75 Å². The van der Waals surface area contributed by atoms with Gasteiger partial charge in [-0.3, -0.25) is 4.90 Å². The third-order valence-corrected chi connectivity index (χ3v) is 10.4. The average Bonchev–Trinajstić information content (AvgIpc) is 3.35. The van der Waals surface area contributed by atoms with E-state index in [0.29, 0.717) is 36.3 Å². The molecule has 0 amide bonds. The first-order valence-corrected chi connectivity index (χ1v) is 14.9. The van der Waals surface area contributed by atoms with Crippen molar-refractivity contribution in [2.24, 2.45) is 0 Å². The fourth-order valence-electron chi connectivity index (χ4n) is 5.24. The molecule has 2 fully saturated rings. The number of nitrogens with one attached hydrogen (secondary N) is 3. The van der Waals surface area contributed by atoms with E-state index in [1.165, 1.54) is 7.11 Å². The molecule has 0 radical (unpaired) electrons. The van der Waals surface area contributed by atoms with E-state index in [0.717, 1.165) is 50.6 Å². The Hall–Kier alpha value is -2.82. The molecule has 1 aromatic carbocycles. The molecule has 5 rings (SSSR count). The average molecular weight is 553 g/mol. The molecule has 38 heavy (non-hydrogen) atoms. The molecule has 0 aliphatic carbocycles. The lowest BCUT2D eigenvalue weighted by Gasteiger charge is -2.39. The third-order valence-electron chi connectivity index (χ3n) is 7.29. The number of aromatic nitrogens is 3. The predicted octanol–water partition coefficient (Wildman–Crippen LogP) is 4.64. The summed E-state index contributed by atoms with van der Waals surface area (Å²) in [4.78, 5) is 13.6. The molecule has 0 bridgehead atoms. The van der Waals surface area contributed by atoms with Crippen molar-refractivity contribution in [2.75, 3.05) is 62.9 Å². The van der Waals surface area contributed by atoms with Crippen molar-refractivity contribution in [1.29, 1.82) is 0 Å². The molecular weight excluding hydrogens is 520 g/mol. The number of halogens is 3. The summed E-state index contributed by atoms with van der Waals surface area (Å²) in [5, 5.41) is 6.60. The van der Waals surface area contributed by atoms with Gasteiger partial charge in [0.15, 0.2) is 0 Å². The number of alkyl halides is 3. The van der Waals surface area contributed by atoms with Crippen LogP contribution in [0.1, 0.15) is 25.3 Å². The van der Waals surface area contributed by atoms with Gasteiger partial charge in [-0.15, -0.1) is 0 Å². The highest BCUT2D eigenvalue weighted by molar-refractivity contribution is 7.71. The van der Waals surface area contributed by atoms with Gasteiger partial charge in [-0.2, -0.15) is 23.1 Å². The van der Waals surface area contributed by atoms with Crippen molar-refractivity contribution < 1.29 is 27.2 Å². The molecule has 0 spiro atoms. The summed E-state index contributed by atoms with van der Waals surface area (Å²) in [6.07, 6.45) is -0.396. The Morgan fingerprint density at radius 3 is 2.61 bits per heavy atom. The molecule has 0 unspecified atom stereocenters. The van der Waals surface area contributed by atoms with Crippen LogP contribution >= 0.6 is 7.14 Å². The minimum absolute atomic E-state index is 0.0575. The van der Waals surface area contributed by atoms with Gasteiger partial charge in [0.2, 0.25) is 5.95 Å². The summed E-state index contributed by atoms with van der Waals surface area (Å²) >= 11 is 0. The van der Waals surface area contributed by atoms with Crippen LogP contribution in [0.15, 0.2) is 24.4 Å². The summed E-state index contributed by atoms with van der Waals surface area (Å²) in [6.45, 7) is 5.31. The highest BCUT2D eigenvalue weighted by Crippen LogP contribution is 2.48. The quantitative estimate of drug-likeness (QED) is 0.364. The van der Waals surface area contributed by atoms with E-state index in [9.17, 15) is 17.7 Å². The first-order chi connectivity index (χ1) is 18.2. The van der Waals surface area contributed by atoms with Crippen LogP contribution < -0.4 is 20.7 Å². The maximum Gasteiger partial charge on any atom is 0.418 e. The molecule has 3 aromatic rings. The zero-order valence-corrected chi connectivity index (χ0v) is 22.3. The molecule has 206 valence electrons. The first-order valence-electron chi connectivity index (χ1n) is 12.8. The molecule has 2 aromatic heterocycles. The molecular formula is C25H32F3N6O3P. The summed E-state index contributed by atoms with van der Waals surface area (Å²) in [5.41, 5.74) is -0.250. The molecule has 4 heterocycles. The molecule has 2 aliphatic rings. The Labute approximate surface area is 218 Å². The van der Waals surface area contributed by atoms with Crippen LogP contribution in [0, 0.1) is 0 Å². The second-order valence-electron chi connectivity index (χ2n) is 9.58. The summed E-state index contributed by atoms with van der Waals surface area (Å²) < 4.78 is 65.4. The number of aromatic amines is 1. The van der Waals surface area contributed by atoms with Crippen LogP contribution in [0.2, 0.25) is 0 Å². The zero-order valence-electron chi connectivity index (χ0n) is 21.4. The largest absolute Gasteiger partial charge is 0.495 e. The van der Waals surface area contributed by atoms with Gasteiger partial charge in [-0.05, 0) is 38.0 Å². The molecule has 0 saturated carbocycles. The number of benzene rings is 1. The number of H-pyrrole nitrogens is 1. The van der Waals surface area contributed by atoms with E-state index in [4.69, 9.17) is 9.47 Å². The minimum atomic E-state index is -4.54. The number of hydrogen-bond donors (Lipinski definition) is 3. The molecule has 0 atom stereocenters. The SMILES string of the molecule is CCNc1nc(Nc2ccc(P3(=O)CCN(C4CCOCC4)CC3)cc2OC)nc2[nH]cc(C(F)(F)F)c12. The summed E-state index contributed by atoms with van der Waals surface area (Å²) in [7, 11) is -1.08. The second kappa shape index (κ2) is 10.7. The molecule has 9 nitrogen and oxygen atoms in total. The smallest absolute Gasteiger partial charge is 0.418 e. The van der Waals surface area contributed by atoms with Crippen molar-refractivity contribution in [2.45, 2.75) is 32.0 Å². The highest BCUT2D eigenvalue weighted by atomic mass is 31.2. The molecule has 2 saturated heterocycles. The number of methoxy groups -OCH3 is 1. The molecule has 13 heteroatoms. The van der Waals surface area contributed by atoms with E-state index in [1.54, 1.807) is 19.1 Å². The number of nitrogens with zero attached hydrogens (tertiary/aromatic N) is 3. The van der Waals surface area contributed by atoms with E-state index in [1.807, 2.05) is 6.07 Å². The van der Waals surface area contributed by atoms with Gasteiger partial charge in [0.25, 0.3) is 0 Å². The normalized spacial score (nSPS) is 19.0. The molecule has 2 aliphatic heterocycles. The fraction of sp³-hybridized carbons (Fsp3) is 0.520. The van der Waals surface area contributed by atoms with E-state index in [-0.39, 0.29) is 22.8 Å². The lowest BCUT2D eigenvalue weighted by molar-refractivity contribution is -0.136. The lowest BCUT2D eigenvalue weighted by atomic mass is 10.1. The Morgan fingerprint density at radius 2 is 1.95 bits per heavy atom. The Bertz CT molecular complexity index is 1330. The topological polar surface area (TPSA) is 104 Å². The minimum Gasteiger partial charge on any atom is -0.495 e. The van der Waals surface area contributed by atoms with Gasteiger partial charge in [-0.1, -0.05) is 0 Å². The van der Waals surface area contributed by atoms with Gasteiger partial charge in [-0.25, -0.2) is 0 Å². The number of rotatable bonds is 7. The van der Waals surface area contributed by atoms with E-state index in [2.05, 4.69) is 30.5 Å². The van der Waals surface area contributed by atoms with Crippen LogP contribution in [-0.4, -0.2) is 78.2 Å². The van der Waals surface area contributed by atoms with Crippen LogP contribution in [0.4, 0.5) is 30.6 Å². The standard InChI is InChI=1S/C25H32F3N6O3P/c1-3-29-22-21-18(25(26,27)28)15-30-23(21)33-24(32-22)31-19-5-4-17(14-20(19)36-2)38(35)12-8-34(9-13-38)16-6-10-37-11-7-16/h4-5,14-16H,3,6-13H2,1-2H3,(H3,29,30,31,32,33). The molecule has 3 N–H and O–H groups in total. The first kappa shape index (κ1) is 26.8. The van der Waals surface area contributed by atoms with E-state index < -0.39 is 18.9 Å². The van der Waals surface area contributed by atoms with Gasteiger partial charge in [0.1, 0.15) is 24.4 Å². The number of hydrogen-bond acceptors (Lipinski definition) is 8. The van der Waals surface area contributed by atoms with Crippen molar-refractivity contribution in [3.63, 3.8) is 0 Å². The number of anilines is 3. The predicted molar refractivity (Wildman–Crippen MR) is 142 cm³/mol. The maximum absolute atomic E-state index is 13.9. The lowest BCUT2D eigenvalue weighted by Crippen LogP contribution is -2.45. The van der Waals surface area contributed by atoms with Crippen LogP contribution in [-0.2, 0) is 15.5 Å². The van der Waals surface area contributed by atoms with Crippen LogP contribution in [0.25, 0.3) is 11.0 Å².